The number of hydrogen-bond donors (Lipinski definition) is 0. The van der Waals surface area contributed by atoms with E-state index in [4.69, 9.17) is 4.74 Å². The van der Waals surface area contributed by atoms with Crippen molar-refractivity contribution in [3.63, 3.8) is 0 Å². The van der Waals surface area contributed by atoms with E-state index < -0.39 is 5.60 Å². The molecule has 2 heterocycles. The molecule has 21 heavy (non-hydrogen) atoms. The van der Waals surface area contributed by atoms with Gasteiger partial charge in [0.25, 0.3) is 5.56 Å². The third-order valence-corrected chi connectivity index (χ3v) is 4.50. The number of hydrogen-bond acceptors (Lipinski definition) is 4. The van der Waals surface area contributed by atoms with Crippen molar-refractivity contribution in [3.05, 3.63) is 27.2 Å². The monoisotopic (exact) mass is 310 g/mol. The van der Waals surface area contributed by atoms with Crippen LogP contribution in [0.1, 0.15) is 37.6 Å². The van der Waals surface area contributed by atoms with Gasteiger partial charge >= 0.3 is 6.09 Å². The largest absolute Gasteiger partial charge is 0.444 e. The number of thioether (sulfide) groups is 1. The molecule has 2 rings (SSSR count). The van der Waals surface area contributed by atoms with Gasteiger partial charge in [-0.2, -0.15) is 0 Å². The molecule has 1 aromatic heterocycles. The van der Waals surface area contributed by atoms with E-state index in [0.29, 0.717) is 13.1 Å². The Balaban J connectivity index is 2.37. The summed E-state index contributed by atoms with van der Waals surface area (Å²) in [4.78, 5) is 27.1. The molecular weight excluding hydrogens is 288 g/mol. The zero-order valence-electron chi connectivity index (χ0n) is 13.4. The van der Waals surface area contributed by atoms with E-state index in [9.17, 15) is 9.59 Å². The molecule has 0 aromatic carbocycles. The first-order chi connectivity index (χ1) is 9.65. The molecule has 0 spiro atoms. The van der Waals surface area contributed by atoms with Crippen LogP contribution in [-0.2, 0) is 24.9 Å². The second-order valence-corrected chi connectivity index (χ2v) is 7.10. The molecule has 0 N–H and O–H groups in total. The van der Waals surface area contributed by atoms with Gasteiger partial charge in [-0.05, 0) is 34.0 Å². The quantitative estimate of drug-likeness (QED) is 0.748. The second-order valence-electron chi connectivity index (χ2n) is 6.28. The first kappa shape index (κ1) is 15.9. The maximum atomic E-state index is 12.2. The van der Waals surface area contributed by atoms with E-state index in [1.54, 1.807) is 28.3 Å². The third kappa shape index (κ3) is 2.95. The minimum absolute atomic E-state index is 0.00383. The lowest BCUT2D eigenvalue weighted by Crippen LogP contribution is -2.33. The molecule has 0 saturated carbocycles. The zero-order chi connectivity index (χ0) is 15.9. The first-order valence-electron chi connectivity index (χ1n) is 6.89. The van der Waals surface area contributed by atoms with E-state index in [1.165, 1.54) is 0 Å². The predicted octanol–water partition coefficient (Wildman–Crippen LogP) is 2.67. The fourth-order valence-electron chi connectivity index (χ4n) is 2.56. The fourth-order valence-corrected chi connectivity index (χ4v) is 3.38. The predicted molar refractivity (Wildman–Crippen MR) is 83.7 cm³/mol. The Labute approximate surface area is 129 Å². The van der Waals surface area contributed by atoms with Crippen molar-refractivity contribution in [3.8, 4) is 0 Å². The van der Waals surface area contributed by atoms with Crippen LogP contribution in [0, 0.1) is 6.92 Å². The Bertz CT molecular complexity index is 644. The smallest absolute Gasteiger partial charge is 0.410 e. The molecule has 1 aliphatic rings. The van der Waals surface area contributed by atoms with E-state index >= 15 is 0 Å². The van der Waals surface area contributed by atoms with Crippen molar-refractivity contribution in [1.29, 1.82) is 0 Å². The number of carbonyl (C=O) groups is 1. The highest BCUT2D eigenvalue weighted by Crippen LogP contribution is 2.32. The molecule has 0 aliphatic carbocycles. The molecular formula is C15H22N2O3S. The minimum Gasteiger partial charge on any atom is -0.444 e. The summed E-state index contributed by atoms with van der Waals surface area (Å²) in [6.45, 7) is 8.30. The summed E-state index contributed by atoms with van der Waals surface area (Å²) in [5.41, 5.74) is 2.20. The molecule has 0 saturated heterocycles. The maximum Gasteiger partial charge on any atom is 0.410 e. The number of amides is 1. The van der Waals surface area contributed by atoms with Gasteiger partial charge in [0.05, 0.1) is 13.1 Å². The standard InChI is InChI=1S/C15H22N2O3S/c1-9-12(21-6)10-7-17(14(19)20-15(2,3)4)8-11(10)16(5)13(9)18/h7-8H2,1-6H3. The van der Waals surface area contributed by atoms with Crippen LogP contribution in [0.25, 0.3) is 0 Å². The van der Waals surface area contributed by atoms with Crippen molar-refractivity contribution >= 4 is 17.9 Å². The Morgan fingerprint density at radius 1 is 1.29 bits per heavy atom. The molecule has 0 bridgehead atoms. The van der Waals surface area contributed by atoms with Crippen LogP contribution in [0.4, 0.5) is 4.79 Å². The molecule has 6 heteroatoms. The van der Waals surface area contributed by atoms with E-state index in [2.05, 4.69) is 0 Å². The van der Waals surface area contributed by atoms with Gasteiger partial charge in [0.2, 0.25) is 0 Å². The summed E-state index contributed by atoms with van der Waals surface area (Å²) in [5, 5.41) is 0. The fraction of sp³-hybridized carbons (Fsp3) is 0.600. The van der Waals surface area contributed by atoms with Gasteiger partial charge in [0.15, 0.2) is 0 Å². The van der Waals surface area contributed by atoms with Gasteiger partial charge in [-0.25, -0.2) is 4.79 Å². The summed E-state index contributed by atoms with van der Waals surface area (Å²) < 4.78 is 7.07. The Hall–Kier alpha value is -1.43. The Morgan fingerprint density at radius 3 is 2.43 bits per heavy atom. The Kier molecular flexibility index (Phi) is 4.10. The molecule has 5 nitrogen and oxygen atoms in total. The number of pyridine rings is 1. The normalized spacial score (nSPS) is 14.3. The molecule has 0 atom stereocenters. The topological polar surface area (TPSA) is 51.5 Å². The second kappa shape index (κ2) is 5.40. The number of nitrogens with zero attached hydrogens (tertiary/aromatic N) is 2. The summed E-state index contributed by atoms with van der Waals surface area (Å²) in [6, 6.07) is 0. The van der Waals surface area contributed by atoms with Gasteiger partial charge in [-0.1, -0.05) is 0 Å². The minimum atomic E-state index is -0.518. The lowest BCUT2D eigenvalue weighted by molar-refractivity contribution is 0.0239. The zero-order valence-corrected chi connectivity index (χ0v) is 14.3. The van der Waals surface area contributed by atoms with Crippen molar-refractivity contribution in [2.24, 2.45) is 7.05 Å². The van der Waals surface area contributed by atoms with Crippen LogP contribution in [0.2, 0.25) is 0 Å². The van der Waals surface area contributed by atoms with Gasteiger partial charge in [0, 0.05) is 28.8 Å². The molecule has 116 valence electrons. The van der Waals surface area contributed by atoms with E-state index in [-0.39, 0.29) is 11.7 Å². The van der Waals surface area contributed by atoms with Crippen molar-refractivity contribution in [1.82, 2.24) is 9.47 Å². The highest BCUT2D eigenvalue weighted by Gasteiger charge is 2.31. The number of aromatic nitrogens is 1. The lowest BCUT2D eigenvalue weighted by atomic mass is 10.1. The molecule has 1 aliphatic heterocycles. The molecule has 0 fully saturated rings. The van der Waals surface area contributed by atoms with Crippen LogP contribution >= 0.6 is 11.8 Å². The van der Waals surface area contributed by atoms with Crippen molar-refractivity contribution < 1.29 is 9.53 Å². The molecule has 1 aromatic rings. The van der Waals surface area contributed by atoms with Crippen LogP contribution in [0.15, 0.2) is 9.69 Å². The van der Waals surface area contributed by atoms with Crippen LogP contribution in [0.5, 0.6) is 0 Å². The summed E-state index contributed by atoms with van der Waals surface area (Å²) in [5.74, 6) is 0. The third-order valence-electron chi connectivity index (χ3n) is 3.54. The lowest BCUT2D eigenvalue weighted by Gasteiger charge is -2.24. The maximum absolute atomic E-state index is 12.2. The van der Waals surface area contributed by atoms with Crippen molar-refractivity contribution in [2.75, 3.05) is 6.26 Å². The summed E-state index contributed by atoms with van der Waals surface area (Å²) >= 11 is 1.56. The van der Waals surface area contributed by atoms with Gasteiger partial charge in [0.1, 0.15) is 5.60 Å². The number of rotatable bonds is 1. The highest BCUT2D eigenvalue weighted by atomic mass is 32.2. The van der Waals surface area contributed by atoms with E-state index in [0.717, 1.165) is 21.7 Å². The molecule has 1 amide bonds. The average Bonchev–Trinajstić information content (AvgIpc) is 2.80. The number of fused-ring (bicyclic) bond motifs is 1. The van der Waals surface area contributed by atoms with Gasteiger partial charge < -0.3 is 9.30 Å². The summed E-state index contributed by atoms with van der Waals surface area (Å²) in [6.07, 6.45) is 1.62. The van der Waals surface area contributed by atoms with Crippen LogP contribution in [0.3, 0.4) is 0 Å². The first-order valence-corrected chi connectivity index (χ1v) is 8.11. The van der Waals surface area contributed by atoms with Gasteiger partial charge in [-0.15, -0.1) is 11.8 Å². The van der Waals surface area contributed by atoms with Gasteiger partial charge in [-0.3, -0.25) is 9.69 Å². The summed E-state index contributed by atoms with van der Waals surface area (Å²) in [7, 11) is 1.76. The number of ether oxygens (including phenoxy) is 1. The SMILES string of the molecule is CSc1c2c(n(C)c(=O)c1C)CN(C(=O)OC(C)(C)C)C2. The van der Waals surface area contributed by atoms with Crippen LogP contribution in [-0.4, -0.2) is 27.4 Å². The highest BCUT2D eigenvalue weighted by molar-refractivity contribution is 7.98. The van der Waals surface area contributed by atoms with E-state index in [1.807, 2.05) is 34.0 Å². The van der Waals surface area contributed by atoms with Crippen molar-refractivity contribution in [2.45, 2.75) is 51.3 Å². The number of carbonyl (C=O) groups excluding carboxylic acids is 1. The average molecular weight is 310 g/mol. The molecule has 0 radical (unpaired) electrons. The molecule has 0 unspecified atom stereocenters. The van der Waals surface area contributed by atoms with Crippen LogP contribution < -0.4 is 5.56 Å². The Morgan fingerprint density at radius 2 is 1.90 bits per heavy atom.